The van der Waals surface area contributed by atoms with Gasteiger partial charge in [0.05, 0.1) is 15.5 Å². The highest BCUT2D eigenvalue weighted by molar-refractivity contribution is 9.10. The summed E-state index contributed by atoms with van der Waals surface area (Å²) in [7, 11) is -3.88. The predicted molar refractivity (Wildman–Crippen MR) is 92.2 cm³/mol. The molecule has 0 saturated carbocycles. The van der Waals surface area contributed by atoms with Crippen LogP contribution in [0.15, 0.2) is 51.8 Å². The molecule has 6 nitrogen and oxygen atoms in total. The molecular weight excluding hydrogens is 384 g/mol. The zero-order valence-corrected chi connectivity index (χ0v) is 15.0. The Kier molecular flexibility index (Phi) is 5.06. The van der Waals surface area contributed by atoms with Crippen LogP contribution < -0.4 is 4.31 Å². The smallest absolute Gasteiger partial charge is 0.267 e. The number of hydrogen-bond donors (Lipinski definition) is 0. The van der Waals surface area contributed by atoms with Crippen LogP contribution in [0.3, 0.4) is 0 Å². The van der Waals surface area contributed by atoms with Crippen LogP contribution in [0.4, 0.5) is 11.4 Å². The van der Waals surface area contributed by atoms with Crippen molar-refractivity contribution in [3.63, 3.8) is 0 Å². The average Bonchev–Trinajstić information content (AvgIpc) is 2.49. The molecular formula is C15H15BrN2O4S. The van der Waals surface area contributed by atoms with E-state index in [2.05, 4.69) is 15.9 Å². The summed E-state index contributed by atoms with van der Waals surface area (Å²) in [6, 6.07) is 10.8. The lowest BCUT2D eigenvalue weighted by Crippen LogP contribution is -2.30. The number of nitrogens with zero attached hydrogens (tertiary/aromatic N) is 2. The van der Waals surface area contributed by atoms with Crippen molar-refractivity contribution in [3.05, 3.63) is 62.6 Å². The minimum atomic E-state index is -3.88. The highest BCUT2D eigenvalue weighted by Gasteiger charge is 2.26. The molecule has 0 fully saturated rings. The molecule has 0 heterocycles. The van der Waals surface area contributed by atoms with Crippen LogP contribution >= 0.6 is 15.9 Å². The topological polar surface area (TPSA) is 80.5 Å². The maximum absolute atomic E-state index is 12.8. The largest absolute Gasteiger partial charge is 0.273 e. The number of halogens is 1. The normalized spacial score (nSPS) is 11.3. The molecule has 0 radical (unpaired) electrons. The van der Waals surface area contributed by atoms with Crippen LogP contribution in [0.25, 0.3) is 0 Å². The molecule has 23 heavy (non-hydrogen) atoms. The lowest BCUT2D eigenvalue weighted by atomic mass is 10.2. The van der Waals surface area contributed by atoms with E-state index >= 15 is 0 Å². The van der Waals surface area contributed by atoms with Gasteiger partial charge in [-0.1, -0.05) is 22.0 Å². The average molecular weight is 399 g/mol. The van der Waals surface area contributed by atoms with Gasteiger partial charge in [0.15, 0.2) is 0 Å². The Balaban J connectivity index is 2.53. The summed E-state index contributed by atoms with van der Waals surface area (Å²) in [5, 5.41) is 11.0. The molecule has 0 saturated heterocycles. The fourth-order valence-electron chi connectivity index (χ4n) is 2.17. The highest BCUT2D eigenvalue weighted by atomic mass is 79.9. The lowest BCUT2D eigenvalue weighted by molar-refractivity contribution is -0.385. The summed E-state index contributed by atoms with van der Waals surface area (Å²) >= 11 is 3.30. The Bertz CT molecular complexity index is 835. The van der Waals surface area contributed by atoms with Crippen molar-refractivity contribution in [1.29, 1.82) is 0 Å². The Morgan fingerprint density at radius 2 is 1.78 bits per heavy atom. The number of anilines is 1. The first-order valence-corrected chi connectivity index (χ1v) is 9.04. The van der Waals surface area contributed by atoms with Crippen molar-refractivity contribution in [3.8, 4) is 0 Å². The molecule has 0 aliphatic carbocycles. The standard InChI is InChI=1S/C15H15BrN2O4S/c1-3-17(13-7-5-12(16)6-8-13)23(21,22)14-9-4-11(2)15(10-14)18(19)20/h4-10H,3H2,1-2H3. The van der Waals surface area contributed by atoms with Gasteiger partial charge in [-0.05, 0) is 44.2 Å². The van der Waals surface area contributed by atoms with Crippen molar-refractivity contribution >= 4 is 37.3 Å². The minimum Gasteiger partial charge on any atom is -0.267 e. The number of sulfonamides is 1. The molecule has 0 atom stereocenters. The first-order valence-electron chi connectivity index (χ1n) is 6.80. The van der Waals surface area contributed by atoms with Gasteiger partial charge < -0.3 is 0 Å². The molecule has 122 valence electrons. The van der Waals surface area contributed by atoms with E-state index in [1.165, 1.54) is 16.4 Å². The fourth-order valence-corrected chi connectivity index (χ4v) is 3.93. The molecule has 8 heteroatoms. The Morgan fingerprint density at radius 3 is 2.30 bits per heavy atom. The number of benzene rings is 2. The monoisotopic (exact) mass is 398 g/mol. The van der Waals surface area contributed by atoms with E-state index < -0.39 is 14.9 Å². The van der Waals surface area contributed by atoms with Crippen molar-refractivity contribution in [2.24, 2.45) is 0 Å². The summed E-state index contributed by atoms with van der Waals surface area (Å²) in [5.41, 5.74) is 0.706. The Hall–Kier alpha value is -1.93. The van der Waals surface area contributed by atoms with E-state index in [1.54, 1.807) is 38.1 Å². The fraction of sp³-hybridized carbons (Fsp3) is 0.200. The van der Waals surface area contributed by atoms with Crippen molar-refractivity contribution < 1.29 is 13.3 Å². The maximum atomic E-state index is 12.8. The van der Waals surface area contributed by atoms with Crippen LogP contribution in [0, 0.1) is 17.0 Å². The van der Waals surface area contributed by atoms with Gasteiger partial charge in [-0.25, -0.2) is 8.42 Å². The van der Waals surface area contributed by atoms with Crippen molar-refractivity contribution in [2.75, 3.05) is 10.8 Å². The van der Waals surface area contributed by atoms with Gasteiger partial charge in [0.1, 0.15) is 0 Å². The third-order valence-corrected chi connectivity index (χ3v) is 5.79. The van der Waals surface area contributed by atoms with Crippen LogP contribution in [-0.2, 0) is 10.0 Å². The molecule has 0 spiro atoms. The van der Waals surface area contributed by atoms with Gasteiger partial charge in [-0.3, -0.25) is 14.4 Å². The quantitative estimate of drug-likeness (QED) is 0.565. The molecule has 0 bridgehead atoms. The van der Waals surface area contributed by atoms with Crippen molar-refractivity contribution in [1.82, 2.24) is 0 Å². The summed E-state index contributed by atoms with van der Waals surface area (Å²) in [4.78, 5) is 10.4. The highest BCUT2D eigenvalue weighted by Crippen LogP contribution is 2.28. The predicted octanol–water partition coefficient (Wildman–Crippen LogP) is 3.88. The molecule has 2 rings (SSSR count). The first-order chi connectivity index (χ1) is 10.8. The van der Waals surface area contributed by atoms with E-state index in [4.69, 9.17) is 0 Å². The number of aryl methyl sites for hydroxylation is 1. The van der Waals surface area contributed by atoms with E-state index in [0.717, 1.165) is 10.5 Å². The van der Waals surface area contributed by atoms with E-state index in [0.29, 0.717) is 11.3 Å². The van der Waals surface area contributed by atoms with Crippen LogP contribution in [-0.4, -0.2) is 19.9 Å². The van der Waals surface area contributed by atoms with Gasteiger partial charge in [-0.2, -0.15) is 0 Å². The minimum absolute atomic E-state index is 0.0976. The molecule has 0 unspecified atom stereocenters. The molecule has 2 aromatic rings. The second-order valence-corrected chi connectivity index (χ2v) is 7.63. The molecule has 0 amide bonds. The van der Waals surface area contributed by atoms with E-state index in [9.17, 15) is 18.5 Å². The van der Waals surface area contributed by atoms with Crippen LogP contribution in [0.1, 0.15) is 12.5 Å². The molecule has 0 aliphatic heterocycles. The number of nitro groups is 1. The third-order valence-electron chi connectivity index (χ3n) is 3.37. The molecule has 2 aromatic carbocycles. The summed E-state index contributed by atoms with van der Waals surface area (Å²) < 4.78 is 27.7. The van der Waals surface area contributed by atoms with E-state index in [-0.39, 0.29) is 17.1 Å². The Labute approximate surface area is 143 Å². The van der Waals surface area contributed by atoms with Gasteiger partial charge >= 0.3 is 0 Å². The van der Waals surface area contributed by atoms with Gasteiger partial charge in [-0.15, -0.1) is 0 Å². The number of nitro benzene ring substituents is 1. The first kappa shape index (κ1) is 17.4. The van der Waals surface area contributed by atoms with Crippen LogP contribution in [0.5, 0.6) is 0 Å². The van der Waals surface area contributed by atoms with Crippen molar-refractivity contribution in [2.45, 2.75) is 18.7 Å². The van der Waals surface area contributed by atoms with Crippen LogP contribution in [0.2, 0.25) is 0 Å². The lowest BCUT2D eigenvalue weighted by Gasteiger charge is -2.23. The SMILES string of the molecule is CCN(c1ccc(Br)cc1)S(=O)(=O)c1ccc(C)c([N+](=O)[O-])c1. The van der Waals surface area contributed by atoms with Gasteiger partial charge in [0.25, 0.3) is 15.7 Å². The summed E-state index contributed by atoms with van der Waals surface area (Å²) in [6.45, 7) is 3.49. The Morgan fingerprint density at radius 1 is 1.17 bits per heavy atom. The van der Waals surface area contributed by atoms with Gasteiger partial charge in [0.2, 0.25) is 0 Å². The maximum Gasteiger partial charge on any atom is 0.273 e. The zero-order chi connectivity index (χ0) is 17.2. The molecule has 0 aromatic heterocycles. The second kappa shape index (κ2) is 6.67. The van der Waals surface area contributed by atoms with E-state index in [1.807, 2.05) is 0 Å². The third kappa shape index (κ3) is 3.53. The number of rotatable bonds is 5. The molecule has 0 N–H and O–H groups in total. The van der Waals surface area contributed by atoms with Gasteiger partial charge in [0, 0.05) is 22.6 Å². The number of hydrogen-bond acceptors (Lipinski definition) is 4. The second-order valence-electron chi connectivity index (χ2n) is 4.85. The summed E-state index contributed by atoms with van der Waals surface area (Å²) in [6.07, 6.45) is 0. The molecule has 0 aliphatic rings. The summed E-state index contributed by atoms with van der Waals surface area (Å²) in [5.74, 6) is 0. The zero-order valence-electron chi connectivity index (χ0n) is 12.6.